The predicted octanol–water partition coefficient (Wildman–Crippen LogP) is 2.15. The lowest BCUT2D eigenvalue weighted by atomic mass is 10.2. The summed E-state index contributed by atoms with van der Waals surface area (Å²) in [6.45, 7) is 0. The molecule has 0 radical (unpaired) electrons. The fourth-order valence-corrected chi connectivity index (χ4v) is 2.49. The van der Waals surface area contributed by atoms with Gasteiger partial charge in [-0.25, -0.2) is 4.98 Å². The maximum absolute atomic E-state index is 11.7. The third-order valence-electron chi connectivity index (χ3n) is 2.56. The first-order valence-corrected chi connectivity index (χ1v) is 6.71. The van der Waals surface area contributed by atoms with E-state index in [-0.39, 0.29) is 17.2 Å². The van der Waals surface area contributed by atoms with Crippen LogP contribution >= 0.6 is 34.2 Å². The van der Waals surface area contributed by atoms with Crippen molar-refractivity contribution in [1.82, 2.24) is 19.9 Å². The van der Waals surface area contributed by atoms with Crippen molar-refractivity contribution in [2.75, 3.05) is 5.73 Å². The second-order valence-electron chi connectivity index (χ2n) is 3.86. The van der Waals surface area contributed by atoms with Gasteiger partial charge in [-0.15, -0.1) is 0 Å². The molecule has 0 atom stereocenters. The molecule has 8 heteroatoms. The van der Waals surface area contributed by atoms with Crippen molar-refractivity contribution < 1.29 is 0 Å². The highest BCUT2D eigenvalue weighted by molar-refractivity contribution is 14.1. The number of H-pyrrole nitrogens is 2. The predicted molar refractivity (Wildman–Crippen MR) is 82.1 cm³/mol. The van der Waals surface area contributed by atoms with Crippen molar-refractivity contribution in [2.24, 2.45) is 0 Å². The standard InChI is InChI=1S/C11H7ClIN5O/c12-4-1-2-6(13)5(3-4)8-15-7-9(16-8)17-11(14)18-10(7)19/h1-3H,(H4,14,15,16,17,18,19). The highest BCUT2D eigenvalue weighted by Crippen LogP contribution is 2.26. The van der Waals surface area contributed by atoms with Gasteiger partial charge >= 0.3 is 0 Å². The molecule has 0 bridgehead atoms. The van der Waals surface area contributed by atoms with Crippen LogP contribution in [0.3, 0.4) is 0 Å². The van der Waals surface area contributed by atoms with E-state index in [1.165, 1.54) is 0 Å². The zero-order valence-electron chi connectivity index (χ0n) is 9.37. The number of nitrogens with one attached hydrogen (secondary N) is 2. The Labute approximate surface area is 125 Å². The van der Waals surface area contributed by atoms with Crippen LogP contribution in [0.2, 0.25) is 5.02 Å². The summed E-state index contributed by atoms with van der Waals surface area (Å²) in [5, 5.41) is 0.595. The van der Waals surface area contributed by atoms with Gasteiger partial charge in [-0.1, -0.05) is 11.6 Å². The number of benzene rings is 1. The van der Waals surface area contributed by atoms with Crippen LogP contribution in [0.25, 0.3) is 22.6 Å². The Kier molecular flexibility index (Phi) is 2.94. The quantitative estimate of drug-likeness (QED) is 0.557. The van der Waals surface area contributed by atoms with E-state index >= 15 is 0 Å². The number of hydrogen-bond acceptors (Lipinski definition) is 4. The Hall–Kier alpha value is -1.61. The van der Waals surface area contributed by atoms with Crippen LogP contribution in [0.1, 0.15) is 0 Å². The van der Waals surface area contributed by atoms with Gasteiger partial charge in [0.05, 0.1) is 0 Å². The van der Waals surface area contributed by atoms with Crippen LogP contribution in [-0.4, -0.2) is 19.9 Å². The first-order valence-electron chi connectivity index (χ1n) is 5.25. The van der Waals surface area contributed by atoms with Crippen LogP contribution < -0.4 is 11.3 Å². The normalized spacial score (nSPS) is 11.1. The molecule has 6 nitrogen and oxygen atoms in total. The number of halogens is 2. The largest absolute Gasteiger partial charge is 0.369 e. The summed E-state index contributed by atoms with van der Waals surface area (Å²) < 4.78 is 0.963. The summed E-state index contributed by atoms with van der Waals surface area (Å²) in [4.78, 5) is 25.3. The molecule has 19 heavy (non-hydrogen) atoms. The van der Waals surface area contributed by atoms with Gasteiger partial charge in [0.15, 0.2) is 11.2 Å². The van der Waals surface area contributed by atoms with Crippen molar-refractivity contribution in [3.8, 4) is 11.4 Å². The molecular formula is C11H7ClIN5O. The van der Waals surface area contributed by atoms with E-state index in [4.69, 9.17) is 17.3 Å². The molecule has 0 saturated heterocycles. The number of nitrogen functional groups attached to an aromatic ring is 1. The fraction of sp³-hybridized carbons (Fsp3) is 0. The lowest BCUT2D eigenvalue weighted by molar-refractivity contribution is 1.17. The molecule has 96 valence electrons. The zero-order valence-corrected chi connectivity index (χ0v) is 12.3. The average Bonchev–Trinajstić information content (AvgIpc) is 2.76. The molecular weight excluding hydrogens is 381 g/mol. The van der Waals surface area contributed by atoms with Crippen molar-refractivity contribution in [2.45, 2.75) is 0 Å². The molecule has 0 amide bonds. The van der Waals surface area contributed by atoms with Crippen molar-refractivity contribution in [3.05, 3.63) is 37.1 Å². The highest BCUT2D eigenvalue weighted by Gasteiger charge is 2.12. The third kappa shape index (κ3) is 2.19. The molecule has 4 N–H and O–H groups in total. The second-order valence-corrected chi connectivity index (χ2v) is 5.46. The molecule has 2 aromatic heterocycles. The van der Waals surface area contributed by atoms with Crippen LogP contribution in [0.5, 0.6) is 0 Å². The van der Waals surface area contributed by atoms with E-state index in [0.29, 0.717) is 16.4 Å². The Morgan fingerprint density at radius 1 is 1.26 bits per heavy atom. The summed E-state index contributed by atoms with van der Waals surface area (Å²) in [6.07, 6.45) is 0. The minimum Gasteiger partial charge on any atom is -0.369 e. The Morgan fingerprint density at radius 2 is 2.05 bits per heavy atom. The zero-order chi connectivity index (χ0) is 13.6. The first kappa shape index (κ1) is 12.4. The second kappa shape index (κ2) is 4.49. The molecule has 0 spiro atoms. The maximum atomic E-state index is 11.7. The van der Waals surface area contributed by atoms with Crippen molar-refractivity contribution in [3.63, 3.8) is 0 Å². The molecule has 0 fully saturated rings. The molecule has 0 aliphatic rings. The number of nitrogens with two attached hydrogens (primary N) is 1. The number of hydrogen-bond donors (Lipinski definition) is 3. The lowest BCUT2D eigenvalue weighted by Crippen LogP contribution is -2.10. The minimum absolute atomic E-state index is 0.0383. The Balaban J connectivity index is 2.29. The number of imidazole rings is 1. The summed E-state index contributed by atoms with van der Waals surface area (Å²) >= 11 is 8.14. The van der Waals surface area contributed by atoms with Gasteiger partial charge in [-0.2, -0.15) is 4.98 Å². The van der Waals surface area contributed by atoms with Gasteiger partial charge < -0.3 is 10.7 Å². The number of aromatic amines is 2. The highest BCUT2D eigenvalue weighted by atomic mass is 127. The SMILES string of the molecule is Nc1nc2nc(-c3cc(Cl)ccc3I)[nH]c2c(=O)[nH]1. The van der Waals surface area contributed by atoms with Gasteiger partial charge in [-0.3, -0.25) is 9.78 Å². The van der Waals surface area contributed by atoms with E-state index in [0.717, 1.165) is 9.13 Å². The van der Waals surface area contributed by atoms with E-state index in [1.807, 2.05) is 6.07 Å². The minimum atomic E-state index is -0.349. The fourth-order valence-electron chi connectivity index (χ4n) is 1.73. The molecule has 0 unspecified atom stereocenters. The van der Waals surface area contributed by atoms with Crippen LogP contribution in [0.4, 0.5) is 5.95 Å². The molecule has 0 saturated carbocycles. The molecule has 2 heterocycles. The van der Waals surface area contributed by atoms with Gasteiger partial charge in [-0.05, 0) is 40.8 Å². The molecule has 1 aromatic carbocycles. The van der Waals surface area contributed by atoms with Gasteiger partial charge in [0.2, 0.25) is 5.95 Å². The number of fused-ring (bicyclic) bond motifs is 1. The summed E-state index contributed by atoms with van der Waals surface area (Å²) in [7, 11) is 0. The average molecular weight is 388 g/mol. The van der Waals surface area contributed by atoms with Gasteiger partial charge in [0, 0.05) is 14.2 Å². The van der Waals surface area contributed by atoms with Crippen LogP contribution in [0, 0.1) is 3.57 Å². The number of nitrogens with zero attached hydrogens (tertiary/aromatic N) is 2. The smallest absolute Gasteiger partial charge is 0.278 e. The molecule has 3 rings (SSSR count). The van der Waals surface area contributed by atoms with Gasteiger partial charge in [0.25, 0.3) is 5.56 Å². The van der Waals surface area contributed by atoms with Crippen LogP contribution in [0.15, 0.2) is 23.0 Å². The Morgan fingerprint density at radius 3 is 2.84 bits per heavy atom. The molecule has 0 aliphatic carbocycles. The topological polar surface area (TPSA) is 100 Å². The Bertz CT molecular complexity index is 841. The van der Waals surface area contributed by atoms with E-state index < -0.39 is 0 Å². The van der Waals surface area contributed by atoms with Gasteiger partial charge in [0.1, 0.15) is 5.82 Å². The number of anilines is 1. The molecule has 3 aromatic rings. The van der Waals surface area contributed by atoms with E-state index in [2.05, 4.69) is 42.5 Å². The summed E-state index contributed by atoms with van der Waals surface area (Å²) in [5.41, 5.74) is 6.52. The maximum Gasteiger partial charge on any atom is 0.278 e. The number of aromatic nitrogens is 4. The van der Waals surface area contributed by atoms with Crippen LogP contribution in [-0.2, 0) is 0 Å². The first-order chi connectivity index (χ1) is 9.04. The summed E-state index contributed by atoms with van der Waals surface area (Å²) in [6, 6.07) is 5.44. The third-order valence-corrected chi connectivity index (χ3v) is 3.74. The van der Waals surface area contributed by atoms with Crippen molar-refractivity contribution in [1.29, 1.82) is 0 Å². The number of rotatable bonds is 1. The van der Waals surface area contributed by atoms with Crippen molar-refractivity contribution >= 4 is 51.3 Å². The van der Waals surface area contributed by atoms with E-state index in [1.54, 1.807) is 12.1 Å². The summed E-state index contributed by atoms with van der Waals surface area (Å²) in [5.74, 6) is 0.571. The lowest BCUT2D eigenvalue weighted by Gasteiger charge is -2.00. The monoisotopic (exact) mass is 387 g/mol. The van der Waals surface area contributed by atoms with E-state index in [9.17, 15) is 4.79 Å². The molecule has 0 aliphatic heterocycles.